The van der Waals surface area contributed by atoms with Crippen LogP contribution in [0, 0.1) is 12.8 Å². The van der Waals surface area contributed by atoms with Gasteiger partial charge in [0.05, 0.1) is 0 Å². The minimum absolute atomic E-state index is 0.0641. The Kier molecular flexibility index (Phi) is 5.98. The van der Waals surface area contributed by atoms with Gasteiger partial charge in [0.25, 0.3) is 0 Å². The zero-order chi connectivity index (χ0) is 17.7. The smallest absolute Gasteiger partial charge is 0.114 e. The number of aryl methyl sites for hydroxylation is 1. The molecular formula is C22H29NO. The van der Waals surface area contributed by atoms with Crippen molar-refractivity contribution in [2.24, 2.45) is 5.92 Å². The largest absolute Gasteiger partial charge is 0.380 e. The molecule has 2 atom stereocenters. The summed E-state index contributed by atoms with van der Waals surface area (Å²) in [5, 5.41) is 11.8. The second kappa shape index (κ2) is 7.78. The van der Waals surface area contributed by atoms with Crippen molar-refractivity contribution < 1.29 is 5.11 Å². The molecule has 128 valence electrons. The fourth-order valence-corrected chi connectivity index (χ4v) is 3.37. The Labute approximate surface area is 146 Å². The highest BCUT2D eigenvalue weighted by molar-refractivity contribution is 5.56. The van der Waals surface area contributed by atoms with E-state index in [1.807, 2.05) is 51.4 Å². The fraction of sp³-hybridized carbons (Fsp3) is 0.364. The molecular weight excluding hydrogens is 294 g/mol. The van der Waals surface area contributed by atoms with E-state index in [0.717, 1.165) is 28.8 Å². The van der Waals surface area contributed by atoms with Crippen LogP contribution < -0.4 is 0 Å². The third kappa shape index (κ3) is 4.14. The average molecular weight is 323 g/mol. The standard InChI is InChI=1S/C22H29NO/c1-17-10-9-13-21(14-17)22(24,19(3)16-23(4)5)18(2)15-20-11-7-6-8-12-20/h6-15,19,24H,16H2,1-5H3/b18-15+. The molecule has 0 heterocycles. The molecule has 2 unspecified atom stereocenters. The van der Waals surface area contributed by atoms with E-state index in [9.17, 15) is 5.11 Å². The summed E-state index contributed by atoms with van der Waals surface area (Å²) < 4.78 is 0. The number of hydrogen-bond acceptors (Lipinski definition) is 2. The zero-order valence-electron chi connectivity index (χ0n) is 15.5. The topological polar surface area (TPSA) is 23.5 Å². The van der Waals surface area contributed by atoms with Gasteiger partial charge >= 0.3 is 0 Å². The first-order valence-electron chi connectivity index (χ1n) is 8.52. The fourth-order valence-electron chi connectivity index (χ4n) is 3.37. The molecule has 0 fully saturated rings. The summed E-state index contributed by atoms with van der Waals surface area (Å²) in [6.07, 6.45) is 2.09. The molecule has 2 rings (SSSR count). The van der Waals surface area contributed by atoms with Crippen molar-refractivity contribution in [3.8, 4) is 0 Å². The first-order chi connectivity index (χ1) is 11.3. The van der Waals surface area contributed by atoms with E-state index < -0.39 is 5.60 Å². The minimum Gasteiger partial charge on any atom is -0.380 e. The second-order valence-electron chi connectivity index (χ2n) is 7.04. The van der Waals surface area contributed by atoms with Crippen LogP contribution >= 0.6 is 0 Å². The molecule has 0 aliphatic rings. The summed E-state index contributed by atoms with van der Waals surface area (Å²) in [5.41, 5.74) is 3.20. The number of aliphatic hydroxyl groups is 1. The van der Waals surface area contributed by atoms with E-state index in [2.05, 4.69) is 49.1 Å². The van der Waals surface area contributed by atoms with Crippen LogP contribution in [0.3, 0.4) is 0 Å². The molecule has 0 aromatic heterocycles. The lowest BCUT2D eigenvalue weighted by atomic mass is 9.76. The Morgan fingerprint density at radius 1 is 1.12 bits per heavy atom. The van der Waals surface area contributed by atoms with Crippen LogP contribution in [0.5, 0.6) is 0 Å². The van der Waals surface area contributed by atoms with Gasteiger partial charge in [0, 0.05) is 12.5 Å². The molecule has 2 aromatic rings. The van der Waals surface area contributed by atoms with Crippen molar-refractivity contribution >= 4 is 6.08 Å². The SMILES string of the molecule is C/C(=C\c1ccccc1)C(O)(c1cccc(C)c1)C(C)CN(C)C. The maximum absolute atomic E-state index is 11.8. The van der Waals surface area contributed by atoms with Gasteiger partial charge in [-0.25, -0.2) is 0 Å². The summed E-state index contributed by atoms with van der Waals surface area (Å²) in [6, 6.07) is 18.4. The Bertz CT molecular complexity index is 690. The molecule has 2 heteroatoms. The number of benzene rings is 2. The molecule has 0 aliphatic heterocycles. The molecule has 0 saturated carbocycles. The van der Waals surface area contributed by atoms with Gasteiger partial charge in [0.2, 0.25) is 0 Å². The molecule has 24 heavy (non-hydrogen) atoms. The maximum Gasteiger partial charge on any atom is 0.114 e. The molecule has 0 amide bonds. The third-order valence-electron chi connectivity index (χ3n) is 4.59. The molecule has 0 aliphatic carbocycles. The van der Waals surface area contributed by atoms with Crippen molar-refractivity contribution in [1.29, 1.82) is 0 Å². The van der Waals surface area contributed by atoms with Crippen molar-refractivity contribution in [2.75, 3.05) is 20.6 Å². The van der Waals surface area contributed by atoms with Crippen LogP contribution in [-0.2, 0) is 5.60 Å². The van der Waals surface area contributed by atoms with Gasteiger partial charge in [-0.2, -0.15) is 0 Å². The van der Waals surface area contributed by atoms with Crippen molar-refractivity contribution in [3.63, 3.8) is 0 Å². The highest BCUT2D eigenvalue weighted by atomic mass is 16.3. The van der Waals surface area contributed by atoms with Crippen LogP contribution in [0.15, 0.2) is 60.2 Å². The Morgan fingerprint density at radius 3 is 2.38 bits per heavy atom. The first-order valence-corrected chi connectivity index (χ1v) is 8.52. The molecule has 0 radical (unpaired) electrons. The van der Waals surface area contributed by atoms with Gasteiger partial charge in [0.1, 0.15) is 5.60 Å². The van der Waals surface area contributed by atoms with Crippen molar-refractivity contribution in [2.45, 2.75) is 26.4 Å². The summed E-state index contributed by atoms with van der Waals surface area (Å²) in [6.45, 7) is 7.02. The van der Waals surface area contributed by atoms with Crippen LogP contribution in [0.1, 0.15) is 30.5 Å². The Balaban J connectivity index is 2.52. The quantitative estimate of drug-likeness (QED) is 0.847. The molecule has 0 spiro atoms. The number of hydrogen-bond donors (Lipinski definition) is 1. The minimum atomic E-state index is -0.994. The Morgan fingerprint density at radius 2 is 1.79 bits per heavy atom. The summed E-state index contributed by atoms with van der Waals surface area (Å²) in [7, 11) is 4.09. The lowest BCUT2D eigenvalue weighted by Gasteiger charge is -2.37. The van der Waals surface area contributed by atoms with Gasteiger partial charge in [-0.3, -0.25) is 0 Å². The summed E-state index contributed by atoms with van der Waals surface area (Å²) in [5.74, 6) is 0.0641. The van der Waals surface area contributed by atoms with Crippen molar-refractivity contribution in [3.05, 3.63) is 76.9 Å². The monoisotopic (exact) mass is 323 g/mol. The predicted molar refractivity (Wildman–Crippen MR) is 103 cm³/mol. The van der Waals surface area contributed by atoms with Crippen LogP contribution in [-0.4, -0.2) is 30.6 Å². The van der Waals surface area contributed by atoms with Gasteiger partial charge in [-0.05, 0) is 44.6 Å². The van der Waals surface area contributed by atoms with E-state index in [1.54, 1.807) is 0 Å². The lowest BCUT2D eigenvalue weighted by Crippen LogP contribution is -2.40. The average Bonchev–Trinajstić information content (AvgIpc) is 2.54. The molecule has 2 aromatic carbocycles. The van der Waals surface area contributed by atoms with Crippen molar-refractivity contribution in [1.82, 2.24) is 4.90 Å². The first kappa shape index (κ1) is 18.4. The highest BCUT2D eigenvalue weighted by Crippen LogP contribution is 2.38. The van der Waals surface area contributed by atoms with Crippen LogP contribution in [0.2, 0.25) is 0 Å². The normalized spacial score (nSPS) is 16.0. The van der Waals surface area contributed by atoms with Gasteiger partial charge in [0.15, 0.2) is 0 Å². The molecule has 0 bridgehead atoms. The van der Waals surface area contributed by atoms with E-state index in [1.165, 1.54) is 0 Å². The zero-order valence-corrected chi connectivity index (χ0v) is 15.5. The lowest BCUT2D eigenvalue weighted by molar-refractivity contribution is 0.0105. The van der Waals surface area contributed by atoms with Crippen LogP contribution in [0.4, 0.5) is 0 Å². The van der Waals surface area contributed by atoms with Gasteiger partial charge < -0.3 is 10.0 Å². The van der Waals surface area contributed by atoms with E-state index in [0.29, 0.717) is 0 Å². The highest BCUT2D eigenvalue weighted by Gasteiger charge is 2.37. The van der Waals surface area contributed by atoms with Gasteiger partial charge in [-0.15, -0.1) is 0 Å². The Hall–Kier alpha value is -1.90. The molecule has 2 nitrogen and oxygen atoms in total. The molecule has 0 saturated heterocycles. The van der Waals surface area contributed by atoms with E-state index in [4.69, 9.17) is 0 Å². The second-order valence-corrected chi connectivity index (χ2v) is 7.04. The summed E-state index contributed by atoms with van der Waals surface area (Å²) >= 11 is 0. The van der Waals surface area contributed by atoms with E-state index in [-0.39, 0.29) is 5.92 Å². The molecule has 1 N–H and O–H groups in total. The number of rotatable bonds is 6. The predicted octanol–water partition coefficient (Wildman–Crippen LogP) is 4.48. The van der Waals surface area contributed by atoms with Gasteiger partial charge in [-0.1, -0.05) is 73.2 Å². The third-order valence-corrected chi connectivity index (χ3v) is 4.59. The van der Waals surface area contributed by atoms with Crippen LogP contribution in [0.25, 0.3) is 6.08 Å². The maximum atomic E-state index is 11.8. The summed E-state index contributed by atoms with van der Waals surface area (Å²) in [4.78, 5) is 2.13. The van der Waals surface area contributed by atoms with E-state index >= 15 is 0 Å². The number of nitrogens with zero attached hydrogens (tertiary/aromatic N) is 1.